The van der Waals surface area contributed by atoms with Gasteiger partial charge in [-0.2, -0.15) is 10.2 Å². The predicted molar refractivity (Wildman–Crippen MR) is 85.1 cm³/mol. The maximum absolute atomic E-state index is 11.7. The molecule has 8 nitrogen and oxygen atoms in total. The first-order valence-corrected chi connectivity index (χ1v) is 6.87. The molecule has 0 unspecified atom stereocenters. The lowest BCUT2D eigenvalue weighted by Gasteiger charge is -2.05. The normalized spacial score (nSPS) is 10.5. The Bertz CT molecular complexity index is 851. The van der Waals surface area contributed by atoms with E-state index >= 15 is 0 Å². The number of ether oxygens (including phenoxy) is 1. The van der Waals surface area contributed by atoms with E-state index < -0.39 is 5.91 Å². The van der Waals surface area contributed by atoms with Crippen LogP contribution >= 0.6 is 0 Å². The van der Waals surface area contributed by atoms with E-state index in [9.17, 15) is 4.79 Å². The molecule has 0 aliphatic rings. The van der Waals surface area contributed by atoms with Gasteiger partial charge in [-0.3, -0.25) is 9.48 Å². The van der Waals surface area contributed by atoms with Gasteiger partial charge in [0, 0.05) is 19.2 Å². The van der Waals surface area contributed by atoms with Crippen LogP contribution in [0.15, 0.2) is 42.7 Å². The molecule has 118 valence electrons. The lowest BCUT2D eigenvalue weighted by Crippen LogP contribution is -2.14. The van der Waals surface area contributed by atoms with E-state index in [1.54, 1.807) is 42.0 Å². The molecule has 2 heterocycles. The van der Waals surface area contributed by atoms with Crippen LogP contribution in [-0.4, -0.2) is 32.6 Å². The highest BCUT2D eigenvalue weighted by Gasteiger charge is 2.16. The number of anilines is 2. The number of aryl methyl sites for hydroxylation is 1. The highest BCUT2D eigenvalue weighted by Crippen LogP contribution is 2.23. The number of benzene rings is 1. The summed E-state index contributed by atoms with van der Waals surface area (Å²) >= 11 is 0. The molecule has 0 aliphatic carbocycles. The second kappa shape index (κ2) is 5.84. The van der Waals surface area contributed by atoms with Crippen LogP contribution < -0.4 is 15.8 Å². The Morgan fingerprint density at radius 2 is 2.17 bits per heavy atom. The first-order chi connectivity index (χ1) is 11.1. The molecule has 0 bridgehead atoms. The molecule has 23 heavy (non-hydrogen) atoms. The van der Waals surface area contributed by atoms with E-state index in [2.05, 4.69) is 15.5 Å². The quantitative estimate of drug-likeness (QED) is 0.743. The number of nitrogens with two attached hydrogens (primary N) is 1. The summed E-state index contributed by atoms with van der Waals surface area (Å²) in [6, 6.07) is 9.12. The predicted octanol–water partition coefficient (Wildman–Crippen LogP) is 1.46. The van der Waals surface area contributed by atoms with Gasteiger partial charge in [0.2, 0.25) is 0 Å². The van der Waals surface area contributed by atoms with Crippen LogP contribution in [0.4, 0.5) is 11.5 Å². The van der Waals surface area contributed by atoms with E-state index in [1.165, 1.54) is 0 Å². The van der Waals surface area contributed by atoms with Crippen molar-refractivity contribution in [2.45, 2.75) is 0 Å². The Balaban J connectivity index is 2.01. The molecule has 0 fully saturated rings. The molecular weight excluding hydrogens is 296 g/mol. The van der Waals surface area contributed by atoms with Crippen molar-refractivity contribution >= 4 is 17.4 Å². The average Bonchev–Trinajstić information content (AvgIpc) is 3.15. The molecule has 1 aromatic carbocycles. The SMILES string of the molecule is COc1cccc(-n2cc(Nc3ccnn3C)c(C(N)=O)n2)c1. The van der Waals surface area contributed by atoms with Crippen molar-refractivity contribution in [1.29, 1.82) is 0 Å². The molecule has 0 radical (unpaired) electrons. The fourth-order valence-corrected chi connectivity index (χ4v) is 2.17. The van der Waals surface area contributed by atoms with Crippen LogP contribution in [0, 0.1) is 0 Å². The van der Waals surface area contributed by atoms with Crippen molar-refractivity contribution < 1.29 is 9.53 Å². The molecule has 0 spiro atoms. The number of carbonyl (C=O) groups excluding carboxylic acids is 1. The first-order valence-electron chi connectivity index (χ1n) is 6.87. The average molecular weight is 312 g/mol. The summed E-state index contributed by atoms with van der Waals surface area (Å²) in [6.07, 6.45) is 3.35. The number of hydrogen-bond donors (Lipinski definition) is 2. The number of nitrogens with one attached hydrogen (secondary N) is 1. The number of amides is 1. The molecule has 2 aromatic heterocycles. The van der Waals surface area contributed by atoms with Crippen molar-refractivity contribution in [1.82, 2.24) is 19.6 Å². The summed E-state index contributed by atoms with van der Waals surface area (Å²) < 4.78 is 8.42. The van der Waals surface area contributed by atoms with Crippen molar-refractivity contribution in [3.8, 4) is 11.4 Å². The molecular formula is C15H16N6O2. The third kappa shape index (κ3) is 2.86. The van der Waals surface area contributed by atoms with Gasteiger partial charge in [-0.1, -0.05) is 6.07 Å². The number of nitrogens with zero attached hydrogens (tertiary/aromatic N) is 4. The summed E-state index contributed by atoms with van der Waals surface area (Å²) in [5, 5.41) is 11.4. The summed E-state index contributed by atoms with van der Waals surface area (Å²) in [7, 11) is 3.38. The van der Waals surface area contributed by atoms with E-state index in [0.29, 0.717) is 11.4 Å². The highest BCUT2D eigenvalue weighted by atomic mass is 16.5. The fraction of sp³-hybridized carbons (Fsp3) is 0.133. The zero-order chi connectivity index (χ0) is 16.4. The Morgan fingerprint density at radius 3 is 2.83 bits per heavy atom. The van der Waals surface area contributed by atoms with Gasteiger partial charge in [0.05, 0.1) is 30.9 Å². The minimum absolute atomic E-state index is 0.147. The summed E-state index contributed by atoms with van der Waals surface area (Å²) in [5.41, 5.74) is 6.83. The lowest BCUT2D eigenvalue weighted by atomic mass is 10.3. The van der Waals surface area contributed by atoms with Gasteiger partial charge in [-0.25, -0.2) is 4.68 Å². The molecule has 0 atom stereocenters. The topological polar surface area (TPSA) is 100.0 Å². The Morgan fingerprint density at radius 1 is 1.35 bits per heavy atom. The van der Waals surface area contributed by atoms with Crippen LogP contribution in [0.25, 0.3) is 5.69 Å². The van der Waals surface area contributed by atoms with Gasteiger partial charge in [0.1, 0.15) is 11.6 Å². The monoisotopic (exact) mass is 312 g/mol. The van der Waals surface area contributed by atoms with Crippen molar-refractivity contribution in [3.05, 3.63) is 48.4 Å². The van der Waals surface area contributed by atoms with Crippen LogP contribution in [0.1, 0.15) is 10.5 Å². The Labute approximate surface area is 132 Å². The molecule has 3 aromatic rings. The zero-order valence-corrected chi connectivity index (χ0v) is 12.7. The summed E-state index contributed by atoms with van der Waals surface area (Å²) in [5.74, 6) is 0.800. The zero-order valence-electron chi connectivity index (χ0n) is 12.7. The largest absolute Gasteiger partial charge is 0.497 e. The van der Waals surface area contributed by atoms with Gasteiger partial charge in [0.25, 0.3) is 5.91 Å². The number of primary amides is 1. The second-order valence-electron chi connectivity index (χ2n) is 4.87. The van der Waals surface area contributed by atoms with Gasteiger partial charge < -0.3 is 15.8 Å². The van der Waals surface area contributed by atoms with Crippen molar-refractivity contribution in [3.63, 3.8) is 0 Å². The van der Waals surface area contributed by atoms with Crippen LogP contribution in [0.2, 0.25) is 0 Å². The number of hydrogen-bond acceptors (Lipinski definition) is 5. The third-order valence-electron chi connectivity index (χ3n) is 3.35. The van der Waals surface area contributed by atoms with E-state index in [1.807, 2.05) is 24.3 Å². The molecule has 0 aliphatic heterocycles. The maximum Gasteiger partial charge on any atom is 0.271 e. The number of carbonyl (C=O) groups is 1. The second-order valence-corrected chi connectivity index (χ2v) is 4.87. The standard InChI is InChI=1S/C15H16N6O2/c1-20-13(6-7-17-20)18-12-9-21(19-14(12)15(16)22)10-4-3-5-11(8-10)23-2/h3-9,18H,1-2H3,(H2,16,22). The number of methoxy groups -OCH3 is 1. The molecule has 8 heteroatoms. The van der Waals surface area contributed by atoms with Gasteiger partial charge in [-0.05, 0) is 12.1 Å². The first kappa shape index (κ1) is 14.6. The summed E-state index contributed by atoms with van der Waals surface area (Å²) in [4.78, 5) is 11.7. The fourth-order valence-electron chi connectivity index (χ4n) is 2.17. The van der Waals surface area contributed by atoms with Crippen molar-refractivity contribution in [2.24, 2.45) is 12.8 Å². The lowest BCUT2D eigenvalue weighted by molar-refractivity contribution is 0.0996. The highest BCUT2D eigenvalue weighted by molar-refractivity contribution is 5.97. The third-order valence-corrected chi connectivity index (χ3v) is 3.35. The summed E-state index contributed by atoms with van der Waals surface area (Å²) in [6.45, 7) is 0. The van der Waals surface area contributed by atoms with E-state index in [0.717, 1.165) is 11.5 Å². The van der Waals surface area contributed by atoms with Crippen LogP contribution in [0.5, 0.6) is 5.75 Å². The van der Waals surface area contributed by atoms with E-state index in [4.69, 9.17) is 10.5 Å². The van der Waals surface area contributed by atoms with Gasteiger partial charge in [0.15, 0.2) is 5.69 Å². The molecule has 0 saturated heterocycles. The molecule has 0 saturated carbocycles. The smallest absolute Gasteiger partial charge is 0.271 e. The van der Waals surface area contributed by atoms with Crippen molar-refractivity contribution in [2.75, 3.05) is 12.4 Å². The minimum atomic E-state index is -0.615. The minimum Gasteiger partial charge on any atom is -0.497 e. The van der Waals surface area contributed by atoms with Gasteiger partial charge >= 0.3 is 0 Å². The number of aromatic nitrogens is 4. The molecule has 3 rings (SSSR count). The maximum atomic E-state index is 11.7. The molecule has 1 amide bonds. The number of rotatable bonds is 5. The van der Waals surface area contributed by atoms with Crippen LogP contribution in [0.3, 0.4) is 0 Å². The Hall–Kier alpha value is -3.29. The molecule has 3 N–H and O–H groups in total. The van der Waals surface area contributed by atoms with Crippen LogP contribution in [-0.2, 0) is 7.05 Å². The Kier molecular flexibility index (Phi) is 3.71. The van der Waals surface area contributed by atoms with Gasteiger partial charge in [-0.15, -0.1) is 0 Å². The van der Waals surface area contributed by atoms with E-state index in [-0.39, 0.29) is 5.69 Å².